The first kappa shape index (κ1) is 13.1. The van der Waals surface area contributed by atoms with E-state index in [-0.39, 0.29) is 11.7 Å². The lowest BCUT2D eigenvalue weighted by molar-refractivity contribution is -0.114. The van der Waals surface area contributed by atoms with Crippen LogP contribution in [0.15, 0.2) is 42.5 Å². The SMILES string of the molecule is CC(=O)Nc1ccc(O)c(-c2ccccc2CN)c1. The molecule has 0 radical (unpaired) electrons. The van der Waals surface area contributed by atoms with Crippen LogP contribution in [0.2, 0.25) is 0 Å². The van der Waals surface area contributed by atoms with E-state index >= 15 is 0 Å². The number of hydrogen-bond acceptors (Lipinski definition) is 3. The van der Waals surface area contributed by atoms with Gasteiger partial charge >= 0.3 is 0 Å². The van der Waals surface area contributed by atoms with Gasteiger partial charge in [-0.25, -0.2) is 0 Å². The molecule has 0 atom stereocenters. The van der Waals surface area contributed by atoms with Crippen molar-refractivity contribution >= 4 is 11.6 Å². The van der Waals surface area contributed by atoms with Crippen LogP contribution in [0.1, 0.15) is 12.5 Å². The van der Waals surface area contributed by atoms with E-state index in [1.807, 2.05) is 24.3 Å². The first-order valence-corrected chi connectivity index (χ1v) is 6.00. The Labute approximate surface area is 111 Å². The van der Waals surface area contributed by atoms with Crippen LogP contribution in [0, 0.1) is 0 Å². The Balaban J connectivity index is 2.51. The number of aromatic hydroxyl groups is 1. The van der Waals surface area contributed by atoms with E-state index in [9.17, 15) is 9.90 Å². The predicted octanol–water partition coefficient (Wildman–Crippen LogP) is 2.48. The normalized spacial score (nSPS) is 10.2. The summed E-state index contributed by atoms with van der Waals surface area (Å²) in [6.07, 6.45) is 0. The van der Waals surface area contributed by atoms with Crippen molar-refractivity contribution in [3.63, 3.8) is 0 Å². The molecular formula is C15H16N2O2. The van der Waals surface area contributed by atoms with Gasteiger partial charge in [-0.1, -0.05) is 24.3 Å². The molecule has 0 spiro atoms. The van der Waals surface area contributed by atoms with Crippen molar-refractivity contribution in [3.05, 3.63) is 48.0 Å². The third-order valence-electron chi connectivity index (χ3n) is 2.84. The summed E-state index contributed by atoms with van der Waals surface area (Å²) < 4.78 is 0. The Morgan fingerprint density at radius 3 is 2.63 bits per heavy atom. The molecule has 1 amide bonds. The molecule has 0 unspecified atom stereocenters. The lowest BCUT2D eigenvalue weighted by Gasteiger charge is -2.11. The molecular weight excluding hydrogens is 240 g/mol. The molecule has 0 aromatic heterocycles. The zero-order chi connectivity index (χ0) is 13.8. The molecule has 2 rings (SSSR count). The summed E-state index contributed by atoms with van der Waals surface area (Å²) in [5.74, 6) is 0.0127. The van der Waals surface area contributed by atoms with Gasteiger partial charge in [0.2, 0.25) is 5.91 Å². The van der Waals surface area contributed by atoms with E-state index in [1.165, 1.54) is 6.92 Å². The summed E-state index contributed by atoms with van der Waals surface area (Å²) in [6, 6.07) is 12.6. The monoisotopic (exact) mass is 256 g/mol. The van der Waals surface area contributed by atoms with Gasteiger partial charge < -0.3 is 16.2 Å². The average molecular weight is 256 g/mol. The number of phenols is 1. The van der Waals surface area contributed by atoms with Crippen LogP contribution in [0.3, 0.4) is 0 Å². The number of nitrogens with two attached hydrogens (primary N) is 1. The molecule has 19 heavy (non-hydrogen) atoms. The highest BCUT2D eigenvalue weighted by molar-refractivity contribution is 5.90. The topological polar surface area (TPSA) is 75.3 Å². The molecule has 0 bridgehead atoms. The van der Waals surface area contributed by atoms with Crippen LogP contribution < -0.4 is 11.1 Å². The molecule has 98 valence electrons. The number of benzene rings is 2. The van der Waals surface area contributed by atoms with E-state index in [0.29, 0.717) is 17.8 Å². The Morgan fingerprint density at radius 1 is 1.21 bits per heavy atom. The van der Waals surface area contributed by atoms with Crippen LogP contribution >= 0.6 is 0 Å². The molecule has 4 nitrogen and oxygen atoms in total. The summed E-state index contributed by atoms with van der Waals surface area (Å²) in [5.41, 5.74) is 8.82. The third-order valence-corrected chi connectivity index (χ3v) is 2.84. The number of carbonyl (C=O) groups excluding carboxylic acids is 1. The lowest BCUT2D eigenvalue weighted by atomic mass is 9.98. The molecule has 2 aromatic carbocycles. The summed E-state index contributed by atoms with van der Waals surface area (Å²) in [4.78, 5) is 11.1. The Kier molecular flexibility index (Phi) is 3.82. The molecule has 0 heterocycles. The molecule has 0 saturated carbocycles. The fraction of sp³-hybridized carbons (Fsp3) is 0.133. The molecule has 0 aliphatic heterocycles. The van der Waals surface area contributed by atoms with Gasteiger partial charge in [0, 0.05) is 24.7 Å². The van der Waals surface area contributed by atoms with Gasteiger partial charge in [0.15, 0.2) is 0 Å². The van der Waals surface area contributed by atoms with Gasteiger partial charge in [0.05, 0.1) is 0 Å². The molecule has 2 aromatic rings. The Morgan fingerprint density at radius 2 is 1.95 bits per heavy atom. The number of carbonyl (C=O) groups is 1. The van der Waals surface area contributed by atoms with Crippen LogP contribution in [0.25, 0.3) is 11.1 Å². The first-order valence-electron chi connectivity index (χ1n) is 6.00. The minimum absolute atomic E-state index is 0.149. The highest BCUT2D eigenvalue weighted by Gasteiger charge is 2.09. The van der Waals surface area contributed by atoms with E-state index in [2.05, 4.69) is 5.32 Å². The average Bonchev–Trinajstić information content (AvgIpc) is 2.40. The van der Waals surface area contributed by atoms with Crippen molar-refractivity contribution in [3.8, 4) is 16.9 Å². The molecule has 0 aliphatic rings. The molecule has 0 fully saturated rings. The van der Waals surface area contributed by atoms with E-state index < -0.39 is 0 Å². The number of hydrogen-bond donors (Lipinski definition) is 3. The summed E-state index contributed by atoms with van der Waals surface area (Å²) >= 11 is 0. The number of phenolic OH excluding ortho intramolecular Hbond substituents is 1. The van der Waals surface area contributed by atoms with Crippen LogP contribution in [-0.2, 0) is 11.3 Å². The van der Waals surface area contributed by atoms with Crippen molar-refractivity contribution in [2.24, 2.45) is 5.73 Å². The van der Waals surface area contributed by atoms with Crippen LogP contribution in [0.5, 0.6) is 5.75 Å². The largest absolute Gasteiger partial charge is 0.507 e. The summed E-state index contributed by atoms with van der Waals surface area (Å²) in [5, 5.41) is 12.7. The second-order valence-electron chi connectivity index (χ2n) is 4.27. The standard InChI is InChI=1S/C15H16N2O2/c1-10(18)17-12-6-7-15(19)14(8-12)13-5-3-2-4-11(13)9-16/h2-8,19H,9,16H2,1H3,(H,17,18). The van der Waals surface area contributed by atoms with Gasteiger partial charge in [-0.05, 0) is 29.3 Å². The van der Waals surface area contributed by atoms with E-state index in [4.69, 9.17) is 5.73 Å². The number of rotatable bonds is 3. The number of anilines is 1. The maximum atomic E-state index is 11.1. The Hall–Kier alpha value is -2.33. The maximum Gasteiger partial charge on any atom is 0.221 e. The minimum atomic E-state index is -0.149. The first-order chi connectivity index (χ1) is 9.11. The van der Waals surface area contributed by atoms with Gasteiger partial charge in [0.25, 0.3) is 0 Å². The zero-order valence-electron chi connectivity index (χ0n) is 10.7. The quantitative estimate of drug-likeness (QED) is 0.738. The predicted molar refractivity (Wildman–Crippen MR) is 75.7 cm³/mol. The van der Waals surface area contributed by atoms with E-state index in [1.54, 1.807) is 18.2 Å². The fourth-order valence-electron chi connectivity index (χ4n) is 1.99. The smallest absolute Gasteiger partial charge is 0.221 e. The Bertz CT molecular complexity index is 609. The number of nitrogens with one attached hydrogen (secondary N) is 1. The van der Waals surface area contributed by atoms with Gasteiger partial charge in [-0.2, -0.15) is 0 Å². The summed E-state index contributed by atoms with van der Waals surface area (Å²) in [6.45, 7) is 1.83. The van der Waals surface area contributed by atoms with Crippen molar-refractivity contribution in [1.29, 1.82) is 0 Å². The van der Waals surface area contributed by atoms with Gasteiger partial charge in [0.1, 0.15) is 5.75 Å². The number of amides is 1. The molecule has 4 N–H and O–H groups in total. The van der Waals surface area contributed by atoms with Crippen molar-refractivity contribution < 1.29 is 9.90 Å². The molecule has 0 aliphatic carbocycles. The highest BCUT2D eigenvalue weighted by atomic mass is 16.3. The second-order valence-corrected chi connectivity index (χ2v) is 4.27. The lowest BCUT2D eigenvalue weighted by Crippen LogP contribution is -2.05. The summed E-state index contributed by atoms with van der Waals surface area (Å²) in [7, 11) is 0. The minimum Gasteiger partial charge on any atom is -0.507 e. The van der Waals surface area contributed by atoms with Crippen molar-refractivity contribution in [1.82, 2.24) is 0 Å². The van der Waals surface area contributed by atoms with Crippen molar-refractivity contribution in [2.75, 3.05) is 5.32 Å². The third kappa shape index (κ3) is 2.92. The van der Waals surface area contributed by atoms with E-state index in [0.717, 1.165) is 11.1 Å². The molecule has 0 saturated heterocycles. The fourth-order valence-corrected chi connectivity index (χ4v) is 1.99. The van der Waals surface area contributed by atoms with Gasteiger partial charge in [-0.3, -0.25) is 4.79 Å². The molecule has 4 heteroatoms. The maximum absolute atomic E-state index is 11.1. The van der Waals surface area contributed by atoms with Crippen LogP contribution in [-0.4, -0.2) is 11.0 Å². The van der Waals surface area contributed by atoms with Gasteiger partial charge in [-0.15, -0.1) is 0 Å². The second kappa shape index (κ2) is 5.54. The highest BCUT2D eigenvalue weighted by Crippen LogP contribution is 2.33. The van der Waals surface area contributed by atoms with Crippen LogP contribution in [0.4, 0.5) is 5.69 Å². The zero-order valence-corrected chi connectivity index (χ0v) is 10.7. The van der Waals surface area contributed by atoms with Crippen molar-refractivity contribution in [2.45, 2.75) is 13.5 Å².